The van der Waals surface area contributed by atoms with E-state index in [1.165, 1.54) is 48.9 Å². The second kappa shape index (κ2) is 6.53. The second-order valence-electron chi connectivity index (χ2n) is 5.97. The lowest BCUT2D eigenvalue weighted by atomic mass is 9.93. The first-order valence-corrected chi connectivity index (χ1v) is 7.69. The Kier molecular flexibility index (Phi) is 5.00. The Morgan fingerprint density at radius 3 is 2.47 bits per heavy atom. The first-order valence-electron chi connectivity index (χ1n) is 7.69. The number of rotatable bonds is 4. The summed E-state index contributed by atoms with van der Waals surface area (Å²) in [5.74, 6) is 0. The highest BCUT2D eigenvalue weighted by molar-refractivity contribution is 5.31. The van der Waals surface area contributed by atoms with Gasteiger partial charge in [-0.2, -0.15) is 0 Å². The van der Waals surface area contributed by atoms with E-state index in [1.807, 2.05) is 0 Å². The van der Waals surface area contributed by atoms with Crippen LogP contribution in [-0.2, 0) is 0 Å². The van der Waals surface area contributed by atoms with Crippen LogP contribution in [0.2, 0.25) is 0 Å². The van der Waals surface area contributed by atoms with Gasteiger partial charge in [-0.15, -0.1) is 0 Å². The van der Waals surface area contributed by atoms with Gasteiger partial charge in [0.1, 0.15) is 0 Å². The maximum atomic E-state index is 6.11. The van der Waals surface area contributed by atoms with Crippen LogP contribution < -0.4 is 5.73 Å². The van der Waals surface area contributed by atoms with Gasteiger partial charge < -0.3 is 5.73 Å². The number of nitrogens with two attached hydrogens (primary N) is 1. The number of nitrogens with zero attached hydrogens (tertiary/aromatic N) is 1. The third kappa shape index (κ3) is 3.37. The molecule has 0 saturated carbocycles. The van der Waals surface area contributed by atoms with Crippen LogP contribution in [0.25, 0.3) is 0 Å². The van der Waals surface area contributed by atoms with Crippen LogP contribution in [0.5, 0.6) is 0 Å². The minimum atomic E-state index is 0.392. The third-order valence-electron chi connectivity index (χ3n) is 4.40. The van der Waals surface area contributed by atoms with Gasteiger partial charge in [0, 0.05) is 18.6 Å². The molecule has 106 valence electrons. The smallest absolute Gasteiger partial charge is 0.0473 e. The molecule has 0 aliphatic carbocycles. The van der Waals surface area contributed by atoms with E-state index >= 15 is 0 Å². The minimum Gasteiger partial charge on any atom is -0.329 e. The lowest BCUT2D eigenvalue weighted by Crippen LogP contribution is -2.44. The number of piperidine rings is 1. The molecule has 1 heterocycles. The molecule has 2 N–H and O–H groups in total. The van der Waals surface area contributed by atoms with Crippen molar-refractivity contribution >= 4 is 0 Å². The van der Waals surface area contributed by atoms with E-state index in [4.69, 9.17) is 5.73 Å². The van der Waals surface area contributed by atoms with E-state index in [9.17, 15) is 0 Å². The Balaban J connectivity index is 2.27. The molecule has 2 atom stereocenters. The molecule has 1 aliphatic rings. The van der Waals surface area contributed by atoms with E-state index in [2.05, 4.69) is 43.9 Å². The highest BCUT2D eigenvalue weighted by Crippen LogP contribution is 2.30. The molecular formula is C17H28N2. The average Bonchev–Trinajstić information content (AvgIpc) is 2.39. The van der Waals surface area contributed by atoms with E-state index < -0.39 is 0 Å². The van der Waals surface area contributed by atoms with Crippen LogP contribution >= 0.6 is 0 Å². The second-order valence-corrected chi connectivity index (χ2v) is 5.97. The van der Waals surface area contributed by atoms with Crippen LogP contribution in [0.4, 0.5) is 0 Å². The van der Waals surface area contributed by atoms with Crippen LogP contribution in [0, 0.1) is 13.8 Å². The molecule has 19 heavy (non-hydrogen) atoms. The van der Waals surface area contributed by atoms with E-state index in [1.54, 1.807) is 0 Å². The van der Waals surface area contributed by atoms with Gasteiger partial charge in [-0.05, 0) is 45.2 Å². The van der Waals surface area contributed by atoms with Crippen molar-refractivity contribution in [3.8, 4) is 0 Å². The van der Waals surface area contributed by atoms with Gasteiger partial charge in [0.05, 0.1) is 0 Å². The molecule has 0 bridgehead atoms. The van der Waals surface area contributed by atoms with Crippen LogP contribution in [0.15, 0.2) is 18.2 Å². The maximum Gasteiger partial charge on any atom is 0.0473 e. The summed E-state index contributed by atoms with van der Waals surface area (Å²) in [5.41, 5.74) is 10.2. The zero-order chi connectivity index (χ0) is 13.8. The number of benzene rings is 1. The molecule has 0 radical (unpaired) electrons. The van der Waals surface area contributed by atoms with Gasteiger partial charge in [-0.1, -0.05) is 42.7 Å². The Labute approximate surface area is 118 Å². The molecule has 2 nitrogen and oxygen atoms in total. The topological polar surface area (TPSA) is 29.3 Å². The van der Waals surface area contributed by atoms with Crippen molar-refractivity contribution in [2.24, 2.45) is 5.73 Å². The Hall–Kier alpha value is -0.860. The lowest BCUT2D eigenvalue weighted by molar-refractivity contribution is 0.0949. The fraction of sp³-hybridized carbons (Fsp3) is 0.647. The van der Waals surface area contributed by atoms with E-state index in [0.717, 1.165) is 6.54 Å². The summed E-state index contributed by atoms with van der Waals surface area (Å²) in [6, 6.07) is 7.97. The Bertz CT molecular complexity index is 393. The van der Waals surface area contributed by atoms with Crippen molar-refractivity contribution in [2.75, 3.05) is 13.1 Å². The number of aryl methyl sites for hydroxylation is 2. The largest absolute Gasteiger partial charge is 0.329 e. The molecule has 1 aliphatic heterocycles. The predicted octanol–water partition coefficient (Wildman–Crippen LogP) is 3.57. The zero-order valence-electron chi connectivity index (χ0n) is 12.7. The molecule has 0 amide bonds. The fourth-order valence-electron chi connectivity index (χ4n) is 3.54. The van der Waals surface area contributed by atoms with E-state index in [0.29, 0.717) is 12.1 Å². The Morgan fingerprint density at radius 2 is 1.89 bits per heavy atom. The molecule has 2 unspecified atom stereocenters. The van der Waals surface area contributed by atoms with Crippen molar-refractivity contribution in [3.63, 3.8) is 0 Å². The van der Waals surface area contributed by atoms with Crippen molar-refractivity contribution in [3.05, 3.63) is 34.9 Å². The lowest BCUT2D eigenvalue weighted by Gasteiger charge is -2.41. The van der Waals surface area contributed by atoms with Crippen molar-refractivity contribution in [1.29, 1.82) is 0 Å². The van der Waals surface area contributed by atoms with Gasteiger partial charge in [0.25, 0.3) is 0 Å². The molecule has 0 spiro atoms. The normalized spacial score (nSPS) is 22.4. The third-order valence-corrected chi connectivity index (χ3v) is 4.40. The van der Waals surface area contributed by atoms with Crippen LogP contribution in [0.3, 0.4) is 0 Å². The summed E-state index contributed by atoms with van der Waals surface area (Å²) in [6.45, 7) is 8.58. The molecule has 1 saturated heterocycles. The highest BCUT2D eigenvalue weighted by atomic mass is 15.2. The van der Waals surface area contributed by atoms with Gasteiger partial charge >= 0.3 is 0 Å². The van der Waals surface area contributed by atoms with Gasteiger partial charge in [0.2, 0.25) is 0 Å². The summed E-state index contributed by atoms with van der Waals surface area (Å²) in [7, 11) is 0. The number of likely N-dealkylation sites (tertiary alicyclic amines) is 1. The predicted molar refractivity (Wildman–Crippen MR) is 82.3 cm³/mol. The summed E-state index contributed by atoms with van der Waals surface area (Å²) in [4.78, 5) is 2.65. The molecular weight excluding hydrogens is 232 g/mol. The molecule has 2 heteroatoms. The first kappa shape index (κ1) is 14.5. The quantitative estimate of drug-likeness (QED) is 0.896. The minimum absolute atomic E-state index is 0.392. The molecule has 1 aromatic carbocycles. The SMILES string of the molecule is CCC1CCCCN1C(CN)c1cc(C)cc(C)c1. The van der Waals surface area contributed by atoms with Crippen LogP contribution in [0.1, 0.15) is 55.3 Å². The summed E-state index contributed by atoms with van der Waals surface area (Å²) < 4.78 is 0. The number of hydrogen-bond donors (Lipinski definition) is 1. The summed E-state index contributed by atoms with van der Waals surface area (Å²) in [5, 5.41) is 0. The van der Waals surface area contributed by atoms with Crippen molar-refractivity contribution in [1.82, 2.24) is 4.90 Å². The maximum absolute atomic E-state index is 6.11. The molecule has 1 aromatic rings. The fourth-order valence-corrected chi connectivity index (χ4v) is 3.54. The average molecular weight is 260 g/mol. The zero-order valence-corrected chi connectivity index (χ0v) is 12.7. The van der Waals surface area contributed by atoms with Crippen molar-refractivity contribution < 1.29 is 0 Å². The van der Waals surface area contributed by atoms with E-state index in [-0.39, 0.29) is 0 Å². The Morgan fingerprint density at radius 1 is 1.21 bits per heavy atom. The van der Waals surface area contributed by atoms with Crippen LogP contribution in [-0.4, -0.2) is 24.0 Å². The monoisotopic (exact) mass is 260 g/mol. The van der Waals surface area contributed by atoms with Gasteiger partial charge in [-0.3, -0.25) is 4.90 Å². The summed E-state index contributed by atoms with van der Waals surface area (Å²) in [6.07, 6.45) is 5.26. The standard InChI is InChI=1S/C17H28N2/c1-4-16-7-5-6-8-19(16)17(12-18)15-10-13(2)9-14(3)11-15/h9-11,16-17H,4-8,12,18H2,1-3H3. The molecule has 2 rings (SSSR count). The van der Waals surface area contributed by atoms with Crippen molar-refractivity contribution in [2.45, 2.75) is 58.5 Å². The van der Waals surface area contributed by atoms with Gasteiger partial charge in [0.15, 0.2) is 0 Å². The number of hydrogen-bond acceptors (Lipinski definition) is 2. The molecule has 0 aromatic heterocycles. The first-order chi connectivity index (χ1) is 9.15. The van der Waals surface area contributed by atoms with Gasteiger partial charge in [-0.25, -0.2) is 0 Å². The highest BCUT2D eigenvalue weighted by Gasteiger charge is 2.28. The summed E-state index contributed by atoms with van der Waals surface area (Å²) >= 11 is 0. The molecule has 1 fully saturated rings.